The van der Waals surface area contributed by atoms with Crippen LogP contribution in [0.15, 0.2) is 99.8 Å². The Balaban J connectivity index is 1.46. The third-order valence-electron chi connectivity index (χ3n) is 9.18. The van der Waals surface area contributed by atoms with Crippen molar-refractivity contribution in [3.05, 3.63) is 116 Å². The molecule has 3 aliphatic rings. The van der Waals surface area contributed by atoms with Gasteiger partial charge in [-0.05, 0) is 66.5 Å². The molecule has 46 heavy (non-hydrogen) atoms. The van der Waals surface area contributed by atoms with Gasteiger partial charge in [0.1, 0.15) is 5.75 Å². The van der Waals surface area contributed by atoms with Gasteiger partial charge in [-0.1, -0.05) is 91.7 Å². The summed E-state index contributed by atoms with van der Waals surface area (Å²) in [5.74, 6) is -0.279. The number of ether oxygens (including phenoxy) is 1. The van der Waals surface area contributed by atoms with Crippen LogP contribution in [0.3, 0.4) is 0 Å². The van der Waals surface area contributed by atoms with E-state index in [0.29, 0.717) is 54.8 Å². The number of hydrogen-bond donors (Lipinski definition) is 1. The number of nitrogens with zero attached hydrogens (tertiary/aromatic N) is 1. The summed E-state index contributed by atoms with van der Waals surface area (Å²) in [7, 11) is 0. The fraction of sp³-hybridized carbons (Fsp3) is 0.359. The van der Waals surface area contributed by atoms with E-state index in [1.165, 1.54) is 0 Å². The molecule has 0 aromatic heterocycles. The minimum atomic E-state index is -0.586. The van der Waals surface area contributed by atoms with Gasteiger partial charge in [-0.3, -0.25) is 14.4 Å². The van der Waals surface area contributed by atoms with Crippen LogP contribution in [0.25, 0.3) is 0 Å². The highest BCUT2D eigenvalue weighted by molar-refractivity contribution is 9.10. The zero-order chi connectivity index (χ0) is 32.8. The molecule has 1 aliphatic heterocycles. The normalized spacial score (nSPS) is 19.1. The molecule has 0 spiro atoms. The third-order valence-corrected chi connectivity index (χ3v) is 9.68. The van der Waals surface area contributed by atoms with Gasteiger partial charge in [-0.15, -0.1) is 0 Å². The first-order chi connectivity index (χ1) is 21.8. The Morgan fingerprint density at radius 3 is 2.02 bits per heavy atom. The molecule has 1 N–H and O–H groups in total. The maximum Gasteiger partial charge on any atom is 0.262 e. The van der Waals surface area contributed by atoms with E-state index >= 15 is 0 Å². The number of aryl methyl sites for hydroxylation is 1. The zero-order valence-electron chi connectivity index (χ0n) is 27.2. The number of halogens is 1. The number of nitrogens with one attached hydrogen (secondary N) is 1. The number of hydrogen-bond acceptors (Lipinski definition) is 5. The average Bonchev–Trinajstić information content (AvgIpc) is 2.98. The second kappa shape index (κ2) is 12.3. The van der Waals surface area contributed by atoms with Crippen molar-refractivity contribution < 1.29 is 19.1 Å². The molecule has 0 bridgehead atoms. The Morgan fingerprint density at radius 2 is 1.43 bits per heavy atom. The lowest BCUT2D eigenvalue weighted by atomic mass is 9.63. The molecule has 0 radical (unpaired) electrons. The maximum atomic E-state index is 14.3. The lowest BCUT2D eigenvalue weighted by molar-refractivity contribution is -0.120. The van der Waals surface area contributed by atoms with E-state index in [0.717, 1.165) is 32.6 Å². The molecule has 1 amide bonds. The Hall–Kier alpha value is -3.97. The minimum Gasteiger partial charge on any atom is -0.483 e. The van der Waals surface area contributed by atoms with Crippen LogP contribution in [-0.4, -0.2) is 29.0 Å². The van der Waals surface area contributed by atoms with Crippen molar-refractivity contribution in [2.24, 2.45) is 10.8 Å². The van der Waals surface area contributed by atoms with Crippen LogP contribution in [0.2, 0.25) is 0 Å². The van der Waals surface area contributed by atoms with Gasteiger partial charge in [-0.25, -0.2) is 0 Å². The van der Waals surface area contributed by atoms with Crippen molar-refractivity contribution in [1.29, 1.82) is 0 Å². The molecule has 0 saturated carbocycles. The summed E-state index contributed by atoms with van der Waals surface area (Å²) in [6.45, 7) is 10.9. The number of carbonyl (C=O) groups excluding carboxylic acids is 3. The van der Waals surface area contributed by atoms with E-state index in [-0.39, 0.29) is 34.9 Å². The van der Waals surface area contributed by atoms with Crippen LogP contribution in [0.1, 0.15) is 76.0 Å². The number of benzene rings is 3. The molecule has 7 heteroatoms. The molecule has 3 aromatic carbocycles. The van der Waals surface area contributed by atoms with Crippen molar-refractivity contribution in [3.8, 4) is 5.75 Å². The predicted molar refractivity (Wildman–Crippen MR) is 184 cm³/mol. The highest BCUT2D eigenvalue weighted by Gasteiger charge is 2.49. The Kier molecular flexibility index (Phi) is 8.57. The van der Waals surface area contributed by atoms with Crippen molar-refractivity contribution in [2.45, 2.75) is 72.8 Å². The molecular weight excluding hydrogens is 640 g/mol. The number of allylic oxidation sites excluding steroid dienone is 4. The van der Waals surface area contributed by atoms with Gasteiger partial charge in [0.15, 0.2) is 18.2 Å². The van der Waals surface area contributed by atoms with Crippen LogP contribution >= 0.6 is 15.9 Å². The molecule has 238 valence electrons. The van der Waals surface area contributed by atoms with E-state index in [1.54, 1.807) is 0 Å². The average molecular weight is 682 g/mol. The number of rotatable bonds is 7. The lowest BCUT2D eigenvalue weighted by Crippen LogP contribution is -2.44. The Bertz CT molecular complexity index is 1720. The lowest BCUT2D eigenvalue weighted by Gasteiger charge is -2.49. The second-order valence-corrected chi connectivity index (χ2v) is 15.4. The fourth-order valence-corrected chi connectivity index (χ4v) is 7.55. The van der Waals surface area contributed by atoms with Gasteiger partial charge in [0.2, 0.25) is 0 Å². The van der Waals surface area contributed by atoms with Crippen molar-refractivity contribution in [2.75, 3.05) is 11.9 Å². The van der Waals surface area contributed by atoms with Crippen molar-refractivity contribution in [1.82, 2.24) is 4.90 Å². The van der Waals surface area contributed by atoms with Crippen molar-refractivity contribution >= 4 is 39.1 Å². The number of carbonyl (C=O) groups is 3. The van der Waals surface area contributed by atoms with E-state index < -0.39 is 5.92 Å². The quantitative estimate of drug-likeness (QED) is 0.270. The summed E-state index contributed by atoms with van der Waals surface area (Å²) in [5, 5.41) is 2.89. The standard InChI is InChI=1S/C39H41BrN2O4/c1-24-11-14-27(15-12-24)41-34(45)23-46-33-16-13-26(40)17-28(33)35-36-29(18-38(2,3)20-31(36)43)42(22-25-9-7-6-8-10-25)30-19-39(4,5)21-32(44)37(30)35/h6-17,35H,18-23H2,1-5H3,(H,41,45). The number of ketones is 2. The second-order valence-electron chi connectivity index (χ2n) is 14.5. The SMILES string of the molecule is Cc1ccc(NC(=O)COc2ccc(Br)cc2C2C3=C(CC(C)(C)CC3=O)N(Cc3ccccc3)C3=C2C(=O)CC(C)(C)C3)cc1. The fourth-order valence-electron chi connectivity index (χ4n) is 7.17. The van der Waals surface area contributed by atoms with Gasteiger partial charge in [0, 0.05) is 63.6 Å². The van der Waals surface area contributed by atoms with Gasteiger partial charge in [-0.2, -0.15) is 0 Å². The highest BCUT2D eigenvalue weighted by Crippen LogP contribution is 2.56. The third kappa shape index (κ3) is 6.61. The summed E-state index contributed by atoms with van der Waals surface area (Å²) in [4.78, 5) is 43.8. The number of amides is 1. The van der Waals surface area contributed by atoms with Crippen LogP contribution in [0.5, 0.6) is 5.75 Å². The Labute approximate surface area is 280 Å². The van der Waals surface area contributed by atoms with E-state index in [2.05, 4.69) is 66.0 Å². The molecule has 3 aromatic rings. The molecule has 0 saturated heterocycles. The smallest absolute Gasteiger partial charge is 0.262 e. The Morgan fingerprint density at radius 1 is 0.848 bits per heavy atom. The minimum absolute atomic E-state index is 0.0570. The monoisotopic (exact) mass is 680 g/mol. The summed E-state index contributed by atoms with van der Waals surface area (Å²) in [6, 6.07) is 23.5. The summed E-state index contributed by atoms with van der Waals surface area (Å²) in [5.41, 5.74) is 6.51. The first-order valence-corrected chi connectivity index (χ1v) is 16.7. The van der Waals surface area contributed by atoms with Gasteiger partial charge in [0.05, 0.1) is 0 Å². The molecule has 0 unspecified atom stereocenters. The zero-order valence-corrected chi connectivity index (χ0v) is 28.8. The van der Waals surface area contributed by atoms with E-state index in [1.807, 2.05) is 67.6 Å². The predicted octanol–water partition coefficient (Wildman–Crippen LogP) is 8.66. The topological polar surface area (TPSA) is 75.7 Å². The first kappa shape index (κ1) is 32.0. The maximum absolute atomic E-state index is 14.3. The molecule has 6 rings (SSSR count). The molecule has 0 atom stereocenters. The number of Topliss-reactive ketones (excluding diaryl/α,β-unsaturated/α-hetero) is 2. The van der Waals surface area contributed by atoms with Crippen LogP contribution in [-0.2, 0) is 20.9 Å². The van der Waals surface area contributed by atoms with Gasteiger partial charge >= 0.3 is 0 Å². The molecule has 1 heterocycles. The largest absolute Gasteiger partial charge is 0.483 e. The van der Waals surface area contributed by atoms with Crippen LogP contribution in [0, 0.1) is 17.8 Å². The van der Waals surface area contributed by atoms with E-state index in [4.69, 9.17) is 4.74 Å². The number of anilines is 1. The van der Waals surface area contributed by atoms with E-state index in [9.17, 15) is 14.4 Å². The van der Waals surface area contributed by atoms with Crippen LogP contribution in [0.4, 0.5) is 5.69 Å². The first-order valence-electron chi connectivity index (χ1n) is 15.9. The molecular formula is C39H41BrN2O4. The summed E-state index contributed by atoms with van der Waals surface area (Å²) in [6.07, 6.45) is 2.22. The summed E-state index contributed by atoms with van der Waals surface area (Å²) >= 11 is 3.64. The highest BCUT2D eigenvalue weighted by atomic mass is 79.9. The van der Waals surface area contributed by atoms with Crippen molar-refractivity contribution in [3.63, 3.8) is 0 Å². The summed E-state index contributed by atoms with van der Waals surface area (Å²) < 4.78 is 7.03. The van der Waals surface area contributed by atoms with Gasteiger partial charge < -0.3 is 15.0 Å². The van der Waals surface area contributed by atoms with Crippen LogP contribution < -0.4 is 10.1 Å². The van der Waals surface area contributed by atoms with Gasteiger partial charge in [0.25, 0.3) is 5.91 Å². The molecule has 0 fully saturated rings. The molecule has 6 nitrogen and oxygen atoms in total. The molecule has 2 aliphatic carbocycles.